The normalized spacial score (nSPS) is 11.2. The Bertz CT molecular complexity index is 331. The molecule has 16 heavy (non-hydrogen) atoms. The summed E-state index contributed by atoms with van der Waals surface area (Å²) in [5, 5.41) is 12.1. The lowest BCUT2D eigenvalue weighted by atomic mass is 10.1. The number of carbonyl (C=O) groups is 1. The zero-order valence-corrected chi connectivity index (χ0v) is 9.73. The molecule has 1 rings (SSSR count). The number of aromatic nitrogens is 1. The van der Waals surface area contributed by atoms with E-state index in [1.54, 1.807) is 26.2 Å². The molecule has 0 saturated carbocycles. The van der Waals surface area contributed by atoms with Crippen molar-refractivity contribution in [1.29, 1.82) is 0 Å². The number of amides is 1. The molecular weight excluding hydrogens is 204 g/mol. The summed E-state index contributed by atoms with van der Waals surface area (Å²) in [4.78, 5) is 15.4. The lowest BCUT2D eigenvalue weighted by molar-refractivity contribution is -0.122. The van der Waals surface area contributed by atoms with Gasteiger partial charge in [0.05, 0.1) is 5.60 Å². The number of rotatable bonds is 5. The Morgan fingerprint density at radius 3 is 2.88 bits per heavy atom. The van der Waals surface area contributed by atoms with Crippen molar-refractivity contribution in [2.45, 2.75) is 32.3 Å². The number of aryl methyl sites for hydroxylation is 1. The molecule has 0 aromatic carbocycles. The molecule has 1 aromatic rings. The maximum absolute atomic E-state index is 11.4. The van der Waals surface area contributed by atoms with Crippen LogP contribution in [-0.2, 0) is 11.2 Å². The van der Waals surface area contributed by atoms with E-state index in [2.05, 4.69) is 10.3 Å². The van der Waals surface area contributed by atoms with Crippen molar-refractivity contribution in [3.63, 3.8) is 0 Å². The fraction of sp³-hybridized carbons (Fsp3) is 0.500. The van der Waals surface area contributed by atoms with E-state index in [1.165, 1.54) is 0 Å². The van der Waals surface area contributed by atoms with Crippen LogP contribution >= 0.6 is 0 Å². The maximum atomic E-state index is 11.4. The SMILES string of the molecule is CC(C)(O)CNC(=O)CCc1cccnc1. The average Bonchev–Trinajstić information content (AvgIpc) is 2.24. The van der Waals surface area contributed by atoms with Gasteiger partial charge >= 0.3 is 0 Å². The predicted octanol–water partition coefficient (Wildman–Crippen LogP) is 0.901. The molecule has 0 spiro atoms. The minimum Gasteiger partial charge on any atom is -0.389 e. The summed E-state index contributed by atoms with van der Waals surface area (Å²) in [6, 6.07) is 3.79. The highest BCUT2D eigenvalue weighted by Crippen LogP contribution is 2.01. The molecule has 0 bridgehead atoms. The third-order valence-electron chi connectivity index (χ3n) is 2.08. The van der Waals surface area contributed by atoms with Crippen molar-refractivity contribution in [3.8, 4) is 0 Å². The van der Waals surface area contributed by atoms with Crippen LogP contribution in [-0.4, -0.2) is 28.1 Å². The number of hydrogen-bond donors (Lipinski definition) is 2. The standard InChI is InChI=1S/C12H18N2O2/c1-12(2,16)9-14-11(15)6-5-10-4-3-7-13-8-10/h3-4,7-8,16H,5-6,9H2,1-2H3,(H,14,15). The van der Waals surface area contributed by atoms with Crippen molar-refractivity contribution in [2.75, 3.05) is 6.54 Å². The molecule has 1 amide bonds. The molecular formula is C12H18N2O2. The second-order valence-electron chi connectivity index (χ2n) is 4.45. The van der Waals surface area contributed by atoms with Gasteiger partial charge in [-0.1, -0.05) is 6.07 Å². The molecule has 1 heterocycles. The number of nitrogens with zero attached hydrogens (tertiary/aromatic N) is 1. The van der Waals surface area contributed by atoms with E-state index in [9.17, 15) is 9.90 Å². The van der Waals surface area contributed by atoms with E-state index < -0.39 is 5.60 Å². The average molecular weight is 222 g/mol. The number of pyridine rings is 1. The van der Waals surface area contributed by atoms with Gasteiger partial charge in [-0.15, -0.1) is 0 Å². The lowest BCUT2D eigenvalue weighted by Gasteiger charge is -2.17. The molecule has 0 radical (unpaired) electrons. The second kappa shape index (κ2) is 5.61. The Balaban J connectivity index is 2.26. The van der Waals surface area contributed by atoms with E-state index in [4.69, 9.17) is 0 Å². The highest BCUT2D eigenvalue weighted by molar-refractivity contribution is 5.76. The van der Waals surface area contributed by atoms with Crippen LogP contribution in [0.4, 0.5) is 0 Å². The zero-order valence-electron chi connectivity index (χ0n) is 9.73. The summed E-state index contributed by atoms with van der Waals surface area (Å²) in [6.45, 7) is 3.60. The van der Waals surface area contributed by atoms with Crippen LogP contribution < -0.4 is 5.32 Å². The molecule has 0 aliphatic carbocycles. The Labute approximate surface area is 95.7 Å². The molecule has 0 saturated heterocycles. The summed E-state index contributed by atoms with van der Waals surface area (Å²) in [7, 11) is 0. The van der Waals surface area contributed by atoms with Crippen molar-refractivity contribution in [2.24, 2.45) is 0 Å². The molecule has 2 N–H and O–H groups in total. The lowest BCUT2D eigenvalue weighted by Crippen LogP contribution is -2.38. The van der Waals surface area contributed by atoms with Crippen LogP contribution in [0.3, 0.4) is 0 Å². The third-order valence-corrected chi connectivity index (χ3v) is 2.08. The van der Waals surface area contributed by atoms with Crippen LogP contribution in [0.5, 0.6) is 0 Å². The van der Waals surface area contributed by atoms with Crippen LogP contribution in [0.2, 0.25) is 0 Å². The number of nitrogens with one attached hydrogen (secondary N) is 1. The molecule has 0 atom stereocenters. The minimum absolute atomic E-state index is 0.0500. The molecule has 4 heteroatoms. The summed E-state index contributed by atoms with van der Waals surface area (Å²) in [6.07, 6.45) is 4.55. The minimum atomic E-state index is -0.857. The van der Waals surface area contributed by atoms with Gasteiger partial charge in [0.25, 0.3) is 0 Å². The summed E-state index contributed by atoms with van der Waals surface area (Å²) >= 11 is 0. The van der Waals surface area contributed by atoms with E-state index in [0.717, 1.165) is 5.56 Å². The molecule has 4 nitrogen and oxygen atoms in total. The Kier molecular flexibility index (Phi) is 4.43. The largest absolute Gasteiger partial charge is 0.389 e. The Hall–Kier alpha value is -1.42. The molecule has 0 unspecified atom stereocenters. The summed E-state index contributed by atoms with van der Waals surface area (Å²) in [5.74, 6) is -0.0500. The van der Waals surface area contributed by atoms with Crippen molar-refractivity contribution in [1.82, 2.24) is 10.3 Å². The quantitative estimate of drug-likeness (QED) is 0.778. The zero-order chi connectivity index (χ0) is 12.0. The van der Waals surface area contributed by atoms with Crippen molar-refractivity contribution >= 4 is 5.91 Å². The molecule has 0 fully saturated rings. The van der Waals surface area contributed by atoms with Gasteiger partial charge in [-0.3, -0.25) is 9.78 Å². The van der Waals surface area contributed by atoms with E-state index in [-0.39, 0.29) is 12.5 Å². The predicted molar refractivity (Wildman–Crippen MR) is 61.9 cm³/mol. The van der Waals surface area contributed by atoms with Gasteiger partial charge in [-0.05, 0) is 31.9 Å². The van der Waals surface area contributed by atoms with Crippen molar-refractivity contribution in [3.05, 3.63) is 30.1 Å². The van der Waals surface area contributed by atoms with E-state index in [0.29, 0.717) is 12.8 Å². The van der Waals surface area contributed by atoms with Crippen LogP contribution in [0, 0.1) is 0 Å². The highest BCUT2D eigenvalue weighted by Gasteiger charge is 2.13. The summed E-state index contributed by atoms with van der Waals surface area (Å²) in [5.41, 5.74) is 0.185. The maximum Gasteiger partial charge on any atom is 0.220 e. The third kappa shape index (κ3) is 5.46. The van der Waals surface area contributed by atoms with Gasteiger partial charge in [0.15, 0.2) is 0 Å². The number of hydrogen-bond acceptors (Lipinski definition) is 3. The number of carbonyl (C=O) groups excluding carboxylic acids is 1. The van der Waals surface area contributed by atoms with Gasteiger partial charge in [0, 0.05) is 25.4 Å². The first-order chi connectivity index (χ1) is 7.47. The van der Waals surface area contributed by atoms with Crippen LogP contribution in [0.25, 0.3) is 0 Å². The van der Waals surface area contributed by atoms with Gasteiger partial charge in [0.1, 0.15) is 0 Å². The molecule has 88 valence electrons. The molecule has 0 aliphatic rings. The van der Waals surface area contributed by atoms with E-state index in [1.807, 2.05) is 12.1 Å². The number of aliphatic hydroxyl groups is 1. The fourth-order valence-electron chi connectivity index (χ4n) is 1.21. The van der Waals surface area contributed by atoms with Crippen LogP contribution in [0.15, 0.2) is 24.5 Å². The summed E-state index contributed by atoms with van der Waals surface area (Å²) < 4.78 is 0. The van der Waals surface area contributed by atoms with Gasteiger partial charge in [-0.25, -0.2) is 0 Å². The smallest absolute Gasteiger partial charge is 0.220 e. The first kappa shape index (κ1) is 12.6. The van der Waals surface area contributed by atoms with Crippen molar-refractivity contribution < 1.29 is 9.90 Å². The van der Waals surface area contributed by atoms with Gasteiger partial charge in [0.2, 0.25) is 5.91 Å². The fourth-order valence-corrected chi connectivity index (χ4v) is 1.21. The van der Waals surface area contributed by atoms with Gasteiger partial charge in [-0.2, -0.15) is 0 Å². The second-order valence-corrected chi connectivity index (χ2v) is 4.45. The van der Waals surface area contributed by atoms with Gasteiger partial charge < -0.3 is 10.4 Å². The monoisotopic (exact) mass is 222 g/mol. The first-order valence-electron chi connectivity index (χ1n) is 5.35. The first-order valence-corrected chi connectivity index (χ1v) is 5.35. The van der Waals surface area contributed by atoms with Crippen LogP contribution in [0.1, 0.15) is 25.8 Å². The van der Waals surface area contributed by atoms with E-state index >= 15 is 0 Å². The molecule has 1 aromatic heterocycles. The topological polar surface area (TPSA) is 62.2 Å². The molecule has 0 aliphatic heterocycles. The Morgan fingerprint density at radius 2 is 2.31 bits per heavy atom. The Morgan fingerprint density at radius 1 is 1.56 bits per heavy atom. The highest BCUT2D eigenvalue weighted by atomic mass is 16.3.